The molecule has 20 heavy (non-hydrogen) atoms. The molecule has 0 N–H and O–H groups in total. The Hall–Kier alpha value is -1.58. The Bertz CT molecular complexity index is 628. The van der Waals surface area contributed by atoms with Crippen LogP contribution in [0.1, 0.15) is 15.9 Å². The molecule has 0 atom stereocenters. The number of hydrogen-bond acceptors (Lipinski definition) is 1. The molecule has 0 aliphatic rings. The molecule has 2 aromatic carbocycles. The molecule has 2 rings (SSSR count). The molecular weight excluding hydrogens is 300 g/mol. The summed E-state index contributed by atoms with van der Waals surface area (Å²) in [5, 5.41) is 0.752. The largest absolute Gasteiger partial charge is 0.337 e. The van der Waals surface area contributed by atoms with E-state index in [-0.39, 0.29) is 16.5 Å². The standard InChI is InChI=1S/C15H12Cl2FNO/c1-19(9-10-2-4-11(16)5-3-10)15(20)13-7-6-12(18)8-14(13)17/h2-8H,9H2,1H3. The van der Waals surface area contributed by atoms with E-state index in [0.29, 0.717) is 11.6 Å². The number of carbonyl (C=O) groups excluding carboxylic acids is 1. The first-order valence-corrected chi connectivity index (χ1v) is 6.68. The van der Waals surface area contributed by atoms with Crippen LogP contribution in [-0.2, 0) is 6.54 Å². The van der Waals surface area contributed by atoms with Crippen molar-refractivity contribution >= 4 is 29.1 Å². The number of carbonyl (C=O) groups is 1. The van der Waals surface area contributed by atoms with Crippen LogP contribution in [-0.4, -0.2) is 17.9 Å². The van der Waals surface area contributed by atoms with E-state index in [2.05, 4.69) is 0 Å². The summed E-state index contributed by atoms with van der Waals surface area (Å²) in [7, 11) is 1.66. The maximum atomic E-state index is 13.0. The molecule has 0 aliphatic carbocycles. The second kappa shape index (κ2) is 6.25. The smallest absolute Gasteiger partial charge is 0.255 e. The molecule has 0 fully saturated rings. The van der Waals surface area contributed by atoms with Crippen molar-refractivity contribution < 1.29 is 9.18 Å². The molecule has 0 saturated heterocycles. The predicted molar refractivity (Wildman–Crippen MR) is 78.7 cm³/mol. The Morgan fingerprint density at radius 2 is 1.80 bits per heavy atom. The lowest BCUT2D eigenvalue weighted by Gasteiger charge is -2.18. The third-order valence-corrected chi connectivity index (χ3v) is 3.41. The SMILES string of the molecule is CN(Cc1ccc(Cl)cc1)C(=O)c1ccc(F)cc1Cl. The number of hydrogen-bond donors (Lipinski definition) is 0. The molecule has 5 heteroatoms. The van der Waals surface area contributed by atoms with Gasteiger partial charge in [0.15, 0.2) is 0 Å². The summed E-state index contributed by atoms with van der Waals surface area (Å²) in [5.41, 5.74) is 1.23. The molecule has 0 radical (unpaired) electrons. The van der Waals surface area contributed by atoms with Crippen molar-refractivity contribution in [2.24, 2.45) is 0 Å². The normalized spacial score (nSPS) is 10.4. The van der Waals surface area contributed by atoms with Crippen LogP contribution in [0.15, 0.2) is 42.5 Å². The first-order valence-electron chi connectivity index (χ1n) is 5.92. The molecule has 0 unspecified atom stereocenters. The van der Waals surface area contributed by atoms with Crippen molar-refractivity contribution in [2.45, 2.75) is 6.54 Å². The Labute approximate surface area is 126 Å². The quantitative estimate of drug-likeness (QED) is 0.822. The predicted octanol–water partition coefficient (Wildman–Crippen LogP) is 4.40. The van der Waals surface area contributed by atoms with Gasteiger partial charge in [-0.1, -0.05) is 35.3 Å². The van der Waals surface area contributed by atoms with Gasteiger partial charge >= 0.3 is 0 Å². The van der Waals surface area contributed by atoms with E-state index in [1.165, 1.54) is 17.0 Å². The molecule has 0 heterocycles. The maximum Gasteiger partial charge on any atom is 0.255 e. The van der Waals surface area contributed by atoms with E-state index in [9.17, 15) is 9.18 Å². The molecule has 0 bridgehead atoms. The van der Waals surface area contributed by atoms with Crippen LogP contribution in [0.3, 0.4) is 0 Å². The van der Waals surface area contributed by atoms with Crippen LogP contribution in [0.4, 0.5) is 4.39 Å². The Kier molecular flexibility index (Phi) is 4.63. The first kappa shape index (κ1) is 14.8. The summed E-state index contributed by atoms with van der Waals surface area (Å²) >= 11 is 11.7. The number of halogens is 3. The summed E-state index contributed by atoms with van der Waals surface area (Å²) in [6, 6.07) is 11.0. The fourth-order valence-electron chi connectivity index (χ4n) is 1.80. The molecule has 0 spiro atoms. The van der Waals surface area contributed by atoms with Crippen molar-refractivity contribution in [1.29, 1.82) is 0 Å². The highest BCUT2D eigenvalue weighted by atomic mass is 35.5. The van der Waals surface area contributed by atoms with Gasteiger partial charge in [0.1, 0.15) is 5.82 Å². The van der Waals surface area contributed by atoms with Crippen molar-refractivity contribution in [3.8, 4) is 0 Å². The third-order valence-electron chi connectivity index (χ3n) is 2.84. The Morgan fingerprint density at radius 3 is 2.40 bits per heavy atom. The number of amides is 1. The zero-order valence-corrected chi connectivity index (χ0v) is 12.2. The number of nitrogens with zero attached hydrogens (tertiary/aromatic N) is 1. The molecule has 0 aromatic heterocycles. The van der Waals surface area contributed by atoms with Crippen molar-refractivity contribution in [3.05, 3.63) is 69.5 Å². The molecule has 2 aromatic rings. The van der Waals surface area contributed by atoms with Gasteiger partial charge in [-0.3, -0.25) is 4.79 Å². The van der Waals surface area contributed by atoms with Crippen LogP contribution in [0, 0.1) is 5.82 Å². The minimum atomic E-state index is -0.466. The fraction of sp³-hybridized carbons (Fsp3) is 0.133. The van der Waals surface area contributed by atoms with Crippen molar-refractivity contribution in [2.75, 3.05) is 7.05 Å². The van der Waals surface area contributed by atoms with Gasteiger partial charge < -0.3 is 4.90 Å². The lowest BCUT2D eigenvalue weighted by atomic mass is 10.1. The molecule has 104 valence electrons. The van der Waals surface area contributed by atoms with Gasteiger partial charge in [0.05, 0.1) is 10.6 Å². The summed E-state index contributed by atoms with van der Waals surface area (Å²) < 4.78 is 13.0. The van der Waals surface area contributed by atoms with Crippen LogP contribution in [0.2, 0.25) is 10.0 Å². The van der Waals surface area contributed by atoms with Gasteiger partial charge in [-0.05, 0) is 35.9 Å². The van der Waals surface area contributed by atoms with Gasteiger partial charge in [-0.15, -0.1) is 0 Å². The average molecular weight is 312 g/mol. The minimum Gasteiger partial charge on any atom is -0.337 e. The summed E-state index contributed by atoms with van der Waals surface area (Å²) in [6.07, 6.45) is 0. The zero-order valence-electron chi connectivity index (χ0n) is 10.7. The molecule has 2 nitrogen and oxygen atoms in total. The van der Waals surface area contributed by atoms with Crippen molar-refractivity contribution in [1.82, 2.24) is 4.90 Å². The lowest BCUT2D eigenvalue weighted by molar-refractivity contribution is 0.0785. The van der Waals surface area contributed by atoms with E-state index in [4.69, 9.17) is 23.2 Å². The highest BCUT2D eigenvalue weighted by Crippen LogP contribution is 2.20. The molecule has 0 saturated carbocycles. The van der Waals surface area contributed by atoms with Crippen LogP contribution >= 0.6 is 23.2 Å². The van der Waals surface area contributed by atoms with Crippen LogP contribution in [0.25, 0.3) is 0 Å². The van der Waals surface area contributed by atoms with Gasteiger partial charge in [0.25, 0.3) is 5.91 Å². The monoisotopic (exact) mass is 311 g/mol. The van der Waals surface area contributed by atoms with E-state index >= 15 is 0 Å². The van der Waals surface area contributed by atoms with Gasteiger partial charge in [-0.25, -0.2) is 4.39 Å². The number of benzene rings is 2. The average Bonchev–Trinajstić information content (AvgIpc) is 2.40. The maximum absolute atomic E-state index is 13.0. The Balaban J connectivity index is 2.14. The van der Waals surface area contributed by atoms with Crippen molar-refractivity contribution in [3.63, 3.8) is 0 Å². The van der Waals surface area contributed by atoms with Gasteiger partial charge in [-0.2, -0.15) is 0 Å². The highest BCUT2D eigenvalue weighted by molar-refractivity contribution is 6.33. The zero-order chi connectivity index (χ0) is 14.7. The topological polar surface area (TPSA) is 20.3 Å². The Morgan fingerprint density at radius 1 is 1.15 bits per heavy atom. The van der Waals surface area contributed by atoms with E-state index < -0.39 is 5.82 Å². The summed E-state index contributed by atoms with van der Waals surface area (Å²) in [5.74, 6) is -0.725. The van der Waals surface area contributed by atoms with Crippen LogP contribution in [0.5, 0.6) is 0 Å². The minimum absolute atomic E-state index is 0.109. The lowest BCUT2D eigenvalue weighted by Crippen LogP contribution is -2.26. The summed E-state index contributed by atoms with van der Waals surface area (Å²) in [4.78, 5) is 13.8. The molecule has 0 aliphatic heterocycles. The fourth-order valence-corrected chi connectivity index (χ4v) is 2.18. The molecule has 1 amide bonds. The van der Waals surface area contributed by atoms with E-state index in [0.717, 1.165) is 11.6 Å². The summed E-state index contributed by atoms with van der Waals surface area (Å²) in [6.45, 7) is 0.420. The molecular formula is C15H12Cl2FNO. The van der Waals surface area contributed by atoms with E-state index in [1.54, 1.807) is 19.2 Å². The second-order valence-electron chi connectivity index (χ2n) is 4.41. The first-order chi connectivity index (χ1) is 9.47. The number of rotatable bonds is 3. The third kappa shape index (κ3) is 3.50. The van der Waals surface area contributed by atoms with Gasteiger partial charge in [0, 0.05) is 18.6 Å². The van der Waals surface area contributed by atoms with Crippen LogP contribution < -0.4 is 0 Å². The highest BCUT2D eigenvalue weighted by Gasteiger charge is 2.15. The van der Waals surface area contributed by atoms with Gasteiger partial charge in [0.2, 0.25) is 0 Å². The van der Waals surface area contributed by atoms with E-state index in [1.807, 2.05) is 12.1 Å². The second-order valence-corrected chi connectivity index (χ2v) is 5.26.